The van der Waals surface area contributed by atoms with Crippen LogP contribution in [-0.2, 0) is 6.42 Å². The average molecular weight is 287 g/mol. The van der Waals surface area contributed by atoms with E-state index in [0.29, 0.717) is 19.3 Å². The molecule has 0 radical (unpaired) electrons. The fourth-order valence-electron chi connectivity index (χ4n) is 1.78. The highest BCUT2D eigenvalue weighted by atomic mass is 79.9. The summed E-state index contributed by atoms with van der Waals surface area (Å²) in [5.74, 6) is 0. The van der Waals surface area contributed by atoms with Gasteiger partial charge in [0, 0.05) is 10.9 Å². The molecular formula is C13H19BrO2. The first-order valence-corrected chi connectivity index (χ1v) is 6.46. The minimum Gasteiger partial charge on any atom is -0.390 e. The highest BCUT2D eigenvalue weighted by molar-refractivity contribution is 9.10. The quantitative estimate of drug-likeness (QED) is 0.874. The molecule has 0 heterocycles. The first-order chi connectivity index (χ1) is 7.53. The van der Waals surface area contributed by atoms with Gasteiger partial charge in [-0.25, -0.2) is 0 Å². The molecule has 0 aromatic heterocycles. The van der Waals surface area contributed by atoms with E-state index < -0.39 is 11.7 Å². The van der Waals surface area contributed by atoms with Gasteiger partial charge in [0.15, 0.2) is 0 Å². The van der Waals surface area contributed by atoms with Gasteiger partial charge in [0.25, 0.3) is 0 Å². The van der Waals surface area contributed by atoms with Gasteiger partial charge >= 0.3 is 0 Å². The van der Waals surface area contributed by atoms with Crippen LogP contribution in [0.1, 0.15) is 32.3 Å². The third-order valence-electron chi connectivity index (χ3n) is 3.22. The van der Waals surface area contributed by atoms with Crippen molar-refractivity contribution >= 4 is 15.9 Å². The molecule has 0 spiro atoms. The average Bonchev–Trinajstić information content (AvgIpc) is 2.31. The molecule has 90 valence electrons. The molecule has 3 heteroatoms. The van der Waals surface area contributed by atoms with Crippen molar-refractivity contribution in [2.75, 3.05) is 0 Å². The number of hydrogen-bond acceptors (Lipinski definition) is 2. The molecule has 2 N–H and O–H groups in total. The molecule has 16 heavy (non-hydrogen) atoms. The first-order valence-electron chi connectivity index (χ1n) is 5.67. The Hall–Kier alpha value is -0.380. The second-order valence-electron chi connectivity index (χ2n) is 4.12. The van der Waals surface area contributed by atoms with E-state index in [0.717, 1.165) is 10.0 Å². The largest absolute Gasteiger partial charge is 0.390 e. The number of halogens is 1. The van der Waals surface area contributed by atoms with Gasteiger partial charge in [-0.2, -0.15) is 0 Å². The summed E-state index contributed by atoms with van der Waals surface area (Å²) in [7, 11) is 0. The molecular weight excluding hydrogens is 268 g/mol. The molecule has 0 amide bonds. The zero-order valence-corrected chi connectivity index (χ0v) is 11.4. The van der Waals surface area contributed by atoms with E-state index >= 15 is 0 Å². The van der Waals surface area contributed by atoms with Gasteiger partial charge < -0.3 is 10.2 Å². The van der Waals surface area contributed by atoms with Gasteiger partial charge in [-0.3, -0.25) is 0 Å². The predicted molar refractivity (Wildman–Crippen MR) is 69.4 cm³/mol. The highest BCUT2D eigenvalue weighted by Gasteiger charge is 2.31. The lowest BCUT2D eigenvalue weighted by molar-refractivity contribution is -0.0790. The number of aliphatic hydroxyl groups excluding tert-OH is 1. The van der Waals surface area contributed by atoms with Crippen LogP contribution in [-0.4, -0.2) is 21.9 Å². The Morgan fingerprint density at radius 2 is 1.81 bits per heavy atom. The van der Waals surface area contributed by atoms with E-state index in [1.165, 1.54) is 0 Å². The summed E-state index contributed by atoms with van der Waals surface area (Å²) < 4.78 is 0.976. The molecule has 2 nitrogen and oxygen atoms in total. The summed E-state index contributed by atoms with van der Waals surface area (Å²) in [6, 6.07) is 7.77. The van der Waals surface area contributed by atoms with Crippen molar-refractivity contribution in [2.45, 2.75) is 44.8 Å². The Balaban J connectivity index is 2.78. The third-order valence-corrected chi connectivity index (χ3v) is 3.99. The van der Waals surface area contributed by atoms with Crippen LogP contribution in [0.3, 0.4) is 0 Å². The van der Waals surface area contributed by atoms with Crippen LogP contribution < -0.4 is 0 Å². The molecule has 1 aromatic rings. The van der Waals surface area contributed by atoms with Crippen molar-refractivity contribution < 1.29 is 10.2 Å². The van der Waals surface area contributed by atoms with Crippen LogP contribution in [0.2, 0.25) is 0 Å². The summed E-state index contributed by atoms with van der Waals surface area (Å²) in [6.07, 6.45) is 0.880. The molecule has 0 saturated heterocycles. The number of aliphatic hydroxyl groups is 2. The van der Waals surface area contributed by atoms with E-state index in [2.05, 4.69) is 15.9 Å². The molecule has 1 aromatic carbocycles. The Bertz CT molecular complexity index is 334. The standard InChI is InChI=1S/C13H19BrO2/c1-3-13(16,4-2)12(15)9-10-7-5-6-8-11(10)14/h5-8,12,15-16H,3-4,9H2,1-2H3. The van der Waals surface area contributed by atoms with E-state index in [1.54, 1.807) is 0 Å². The molecule has 0 aliphatic carbocycles. The smallest absolute Gasteiger partial charge is 0.0903 e. The Morgan fingerprint density at radius 1 is 1.25 bits per heavy atom. The maximum Gasteiger partial charge on any atom is 0.0903 e. The lowest BCUT2D eigenvalue weighted by atomic mass is 9.87. The lowest BCUT2D eigenvalue weighted by Crippen LogP contribution is -2.42. The second kappa shape index (κ2) is 5.80. The van der Waals surface area contributed by atoms with Crippen LogP contribution in [0.4, 0.5) is 0 Å². The van der Waals surface area contributed by atoms with Crippen LogP contribution in [0.25, 0.3) is 0 Å². The Kier molecular flexibility index (Phi) is 4.96. The Labute approximate surface area is 105 Å². The normalized spacial score (nSPS) is 13.8. The van der Waals surface area contributed by atoms with Gasteiger partial charge in [-0.1, -0.05) is 48.0 Å². The summed E-state index contributed by atoms with van der Waals surface area (Å²) in [6.45, 7) is 3.79. The summed E-state index contributed by atoms with van der Waals surface area (Å²) in [5.41, 5.74) is 0.0465. The molecule has 1 unspecified atom stereocenters. The fourth-order valence-corrected chi connectivity index (χ4v) is 2.23. The van der Waals surface area contributed by atoms with E-state index in [-0.39, 0.29) is 0 Å². The number of hydrogen-bond donors (Lipinski definition) is 2. The van der Waals surface area contributed by atoms with Crippen LogP contribution in [0, 0.1) is 0 Å². The number of benzene rings is 1. The molecule has 0 fully saturated rings. The minimum absolute atomic E-state index is 0.472. The number of rotatable bonds is 5. The third kappa shape index (κ3) is 3.06. The van der Waals surface area contributed by atoms with Gasteiger partial charge in [0.05, 0.1) is 11.7 Å². The zero-order valence-electron chi connectivity index (χ0n) is 9.78. The molecule has 1 atom stereocenters. The van der Waals surface area contributed by atoms with Crippen LogP contribution >= 0.6 is 15.9 Å². The monoisotopic (exact) mass is 286 g/mol. The molecule has 0 bridgehead atoms. The Morgan fingerprint density at radius 3 is 2.31 bits per heavy atom. The maximum atomic E-state index is 10.2. The predicted octanol–water partition coefficient (Wildman–Crippen LogP) is 2.90. The SMILES string of the molecule is CCC(O)(CC)C(O)Cc1ccccc1Br. The van der Waals surface area contributed by atoms with Gasteiger partial charge in [-0.05, 0) is 24.5 Å². The van der Waals surface area contributed by atoms with E-state index in [1.807, 2.05) is 38.1 Å². The van der Waals surface area contributed by atoms with E-state index in [9.17, 15) is 10.2 Å². The second-order valence-corrected chi connectivity index (χ2v) is 4.98. The van der Waals surface area contributed by atoms with Gasteiger partial charge in [-0.15, -0.1) is 0 Å². The van der Waals surface area contributed by atoms with Crippen molar-refractivity contribution in [2.24, 2.45) is 0 Å². The summed E-state index contributed by atoms with van der Waals surface area (Å²) >= 11 is 3.44. The molecule has 0 aliphatic rings. The molecule has 0 aliphatic heterocycles. The molecule has 0 saturated carbocycles. The van der Waals surface area contributed by atoms with Crippen molar-refractivity contribution in [1.29, 1.82) is 0 Å². The zero-order chi connectivity index (χ0) is 12.2. The van der Waals surface area contributed by atoms with E-state index in [4.69, 9.17) is 0 Å². The highest BCUT2D eigenvalue weighted by Crippen LogP contribution is 2.25. The summed E-state index contributed by atoms with van der Waals surface area (Å²) in [4.78, 5) is 0. The van der Waals surface area contributed by atoms with Crippen molar-refractivity contribution in [3.8, 4) is 0 Å². The van der Waals surface area contributed by atoms with Crippen molar-refractivity contribution in [1.82, 2.24) is 0 Å². The molecule has 1 rings (SSSR count). The van der Waals surface area contributed by atoms with Crippen LogP contribution in [0.15, 0.2) is 28.7 Å². The van der Waals surface area contributed by atoms with Crippen LogP contribution in [0.5, 0.6) is 0 Å². The first kappa shape index (κ1) is 13.7. The van der Waals surface area contributed by atoms with Gasteiger partial charge in [0.1, 0.15) is 0 Å². The van der Waals surface area contributed by atoms with Gasteiger partial charge in [0.2, 0.25) is 0 Å². The van der Waals surface area contributed by atoms with Crippen molar-refractivity contribution in [3.05, 3.63) is 34.3 Å². The lowest BCUT2D eigenvalue weighted by Gasteiger charge is -2.31. The summed E-state index contributed by atoms with van der Waals surface area (Å²) in [5, 5.41) is 20.3. The fraction of sp³-hybridized carbons (Fsp3) is 0.538. The minimum atomic E-state index is -0.977. The maximum absolute atomic E-state index is 10.2. The van der Waals surface area contributed by atoms with Crippen molar-refractivity contribution in [3.63, 3.8) is 0 Å². The topological polar surface area (TPSA) is 40.5 Å².